The van der Waals surface area contributed by atoms with E-state index in [1.165, 1.54) is 0 Å². The van der Waals surface area contributed by atoms with Crippen LogP contribution in [0.3, 0.4) is 0 Å². The summed E-state index contributed by atoms with van der Waals surface area (Å²) in [6, 6.07) is 15.5. The first kappa shape index (κ1) is 16.1. The second-order valence-electron chi connectivity index (χ2n) is 6.86. The van der Waals surface area contributed by atoms with Gasteiger partial charge < -0.3 is 9.52 Å². The number of para-hydroxylation sites is 2. The van der Waals surface area contributed by atoms with E-state index in [1.54, 1.807) is 10.6 Å². The third-order valence-corrected chi connectivity index (χ3v) is 5.19. The Morgan fingerprint density at radius 3 is 2.72 bits per heavy atom. The molecule has 1 N–H and O–H groups in total. The second kappa shape index (κ2) is 6.17. The van der Waals surface area contributed by atoms with E-state index < -0.39 is 5.60 Å². The van der Waals surface area contributed by atoms with Gasteiger partial charge in [0.05, 0.1) is 5.52 Å². The van der Waals surface area contributed by atoms with Gasteiger partial charge in [0.2, 0.25) is 0 Å². The van der Waals surface area contributed by atoms with Gasteiger partial charge in [0, 0.05) is 26.2 Å². The summed E-state index contributed by atoms with van der Waals surface area (Å²) in [4.78, 5) is 14.3. The number of hydrogen-bond acceptors (Lipinski definition) is 4. The third kappa shape index (κ3) is 2.90. The smallest absolute Gasteiger partial charge is 0.408 e. The van der Waals surface area contributed by atoms with E-state index in [1.807, 2.05) is 49.4 Å². The van der Waals surface area contributed by atoms with E-state index in [4.69, 9.17) is 4.42 Å². The molecule has 0 bridgehead atoms. The molecule has 1 fully saturated rings. The molecule has 1 atom stereocenters. The highest BCUT2D eigenvalue weighted by Gasteiger charge is 2.38. The van der Waals surface area contributed by atoms with Crippen LogP contribution in [-0.4, -0.2) is 34.2 Å². The van der Waals surface area contributed by atoms with Crippen molar-refractivity contribution in [3.05, 3.63) is 70.2 Å². The van der Waals surface area contributed by atoms with E-state index in [-0.39, 0.29) is 5.76 Å². The fourth-order valence-electron chi connectivity index (χ4n) is 3.84. The third-order valence-electron chi connectivity index (χ3n) is 5.19. The van der Waals surface area contributed by atoms with Crippen molar-refractivity contribution in [2.24, 2.45) is 0 Å². The molecule has 1 saturated heterocycles. The Morgan fingerprint density at radius 1 is 1.12 bits per heavy atom. The number of oxazole rings is 1. The van der Waals surface area contributed by atoms with Gasteiger partial charge in [-0.05, 0) is 36.6 Å². The predicted molar refractivity (Wildman–Crippen MR) is 96.6 cm³/mol. The zero-order valence-corrected chi connectivity index (χ0v) is 14.3. The van der Waals surface area contributed by atoms with Crippen molar-refractivity contribution in [1.29, 1.82) is 0 Å². The van der Waals surface area contributed by atoms with E-state index in [0.29, 0.717) is 31.6 Å². The normalized spacial score (nSPS) is 21.2. The van der Waals surface area contributed by atoms with E-state index >= 15 is 0 Å². The molecule has 0 amide bonds. The maximum absolute atomic E-state index is 12.1. The number of benzene rings is 2. The van der Waals surface area contributed by atoms with Crippen molar-refractivity contribution in [2.45, 2.75) is 25.5 Å². The van der Waals surface area contributed by atoms with Crippen LogP contribution in [0.25, 0.3) is 11.1 Å². The molecule has 130 valence electrons. The molecule has 5 nitrogen and oxygen atoms in total. The zero-order chi connectivity index (χ0) is 17.4. The lowest BCUT2D eigenvalue weighted by Gasteiger charge is -2.25. The van der Waals surface area contributed by atoms with Crippen LogP contribution in [-0.2, 0) is 12.1 Å². The van der Waals surface area contributed by atoms with Gasteiger partial charge >= 0.3 is 5.76 Å². The van der Waals surface area contributed by atoms with Crippen LogP contribution in [0.5, 0.6) is 0 Å². The summed E-state index contributed by atoms with van der Waals surface area (Å²) in [5.74, 6) is -0.324. The molecular weight excluding hydrogens is 316 g/mol. The average Bonchev–Trinajstić information content (AvgIpc) is 3.13. The summed E-state index contributed by atoms with van der Waals surface area (Å²) in [7, 11) is 0. The van der Waals surface area contributed by atoms with E-state index in [2.05, 4.69) is 4.90 Å². The molecule has 2 aromatic carbocycles. The van der Waals surface area contributed by atoms with Crippen LogP contribution in [0.15, 0.2) is 57.7 Å². The Balaban J connectivity index is 1.49. The van der Waals surface area contributed by atoms with E-state index in [0.717, 1.165) is 23.2 Å². The summed E-state index contributed by atoms with van der Waals surface area (Å²) >= 11 is 0. The minimum absolute atomic E-state index is 0.324. The molecule has 0 unspecified atom stereocenters. The lowest BCUT2D eigenvalue weighted by molar-refractivity contribution is 0.0451. The number of hydrogen-bond donors (Lipinski definition) is 1. The van der Waals surface area contributed by atoms with Crippen molar-refractivity contribution in [3.8, 4) is 0 Å². The maximum atomic E-state index is 12.1. The number of rotatable bonds is 4. The van der Waals surface area contributed by atoms with Crippen LogP contribution in [0.2, 0.25) is 0 Å². The molecule has 0 radical (unpaired) electrons. The molecule has 1 aliphatic rings. The highest BCUT2D eigenvalue weighted by molar-refractivity contribution is 5.72. The first-order valence-corrected chi connectivity index (χ1v) is 8.66. The lowest BCUT2D eigenvalue weighted by atomic mass is 9.89. The van der Waals surface area contributed by atoms with Gasteiger partial charge in [-0.3, -0.25) is 9.47 Å². The van der Waals surface area contributed by atoms with Gasteiger partial charge in [-0.2, -0.15) is 0 Å². The van der Waals surface area contributed by atoms with Crippen LogP contribution in [0.4, 0.5) is 0 Å². The van der Waals surface area contributed by atoms with Crippen molar-refractivity contribution in [1.82, 2.24) is 9.47 Å². The van der Waals surface area contributed by atoms with Crippen LogP contribution in [0.1, 0.15) is 17.5 Å². The van der Waals surface area contributed by atoms with Crippen molar-refractivity contribution < 1.29 is 9.52 Å². The number of aryl methyl sites for hydroxylation is 1. The Bertz CT molecular complexity index is 959. The average molecular weight is 338 g/mol. The first-order chi connectivity index (χ1) is 12.1. The largest absolute Gasteiger partial charge is 0.419 e. The van der Waals surface area contributed by atoms with Crippen LogP contribution >= 0.6 is 0 Å². The van der Waals surface area contributed by atoms with Gasteiger partial charge in [-0.25, -0.2) is 4.79 Å². The quantitative estimate of drug-likeness (QED) is 0.794. The second-order valence-corrected chi connectivity index (χ2v) is 6.86. The van der Waals surface area contributed by atoms with Gasteiger partial charge in [-0.15, -0.1) is 0 Å². The fraction of sp³-hybridized carbons (Fsp3) is 0.350. The number of nitrogens with zero attached hydrogens (tertiary/aromatic N) is 2. The number of fused-ring (bicyclic) bond motifs is 1. The summed E-state index contributed by atoms with van der Waals surface area (Å²) < 4.78 is 6.95. The van der Waals surface area contributed by atoms with E-state index in [9.17, 15) is 9.90 Å². The topological polar surface area (TPSA) is 58.6 Å². The number of β-amino-alcohol motifs (C(OH)–C–C–N with tert-alkyl or cyclic N) is 1. The highest BCUT2D eigenvalue weighted by atomic mass is 16.4. The monoisotopic (exact) mass is 338 g/mol. The van der Waals surface area contributed by atoms with Crippen molar-refractivity contribution in [2.75, 3.05) is 19.6 Å². The first-order valence-electron chi connectivity index (χ1n) is 8.66. The summed E-state index contributed by atoms with van der Waals surface area (Å²) in [6.07, 6.45) is 0.707. The van der Waals surface area contributed by atoms with Crippen molar-refractivity contribution in [3.63, 3.8) is 0 Å². The molecule has 0 spiro atoms. The molecule has 2 heterocycles. The fourth-order valence-corrected chi connectivity index (χ4v) is 3.84. The molecular formula is C20H22N2O3. The summed E-state index contributed by atoms with van der Waals surface area (Å²) in [5, 5.41) is 11.1. The van der Waals surface area contributed by atoms with Gasteiger partial charge in [0.1, 0.15) is 5.60 Å². The lowest BCUT2D eigenvalue weighted by Crippen LogP contribution is -2.33. The Labute approximate surface area is 146 Å². The minimum atomic E-state index is -0.811. The molecule has 0 aliphatic carbocycles. The maximum Gasteiger partial charge on any atom is 0.419 e. The Kier molecular flexibility index (Phi) is 3.98. The molecule has 1 aromatic heterocycles. The molecule has 25 heavy (non-hydrogen) atoms. The van der Waals surface area contributed by atoms with Crippen LogP contribution < -0.4 is 5.76 Å². The molecule has 3 aromatic rings. The molecule has 0 saturated carbocycles. The molecule has 4 rings (SSSR count). The number of likely N-dealkylation sites (tertiary alicyclic amines) is 1. The highest BCUT2D eigenvalue weighted by Crippen LogP contribution is 2.33. The Morgan fingerprint density at radius 2 is 1.88 bits per heavy atom. The number of aliphatic hydroxyl groups is 1. The van der Waals surface area contributed by atoms with Gasteiger partial charge in [0.15, 0.2) is 5.58 Å². The van der Waals surface area contributed by atoms with Gasteiger partial charge in [-0.1, -0.05) is 36.4 Å². The van der Waals surface area contributed by atoms with Crippen LogP contribution in [0, 0.1) is 6.92 Å². The molecule has 1 aliphatic heterocycles. The standard InChI is InChI=1S/C20H22N2O3/c1-15-6-2-3-7-16(15)20(24)10-11-21(14-20)12-13-22-17-8-4-5-9-18(17)25-19(22)23/h2-9,24H,10-14H2,1H3/t20-/m1/s1. The molecule has 5 heteroatoms. The van der Waals surface area contributed by atoms with Crippen molar-refractivity contribution >= 4 is 11.1 Å². The SMILES string of the molecule is Cc1ccccc1[C@@]1(O)CCN(CCn2c(=O)oc3ccccc32)C1. The number of aromatic nitrogens is 1. The summed E-state index contributed by atoms with van der Waals surface area (Å²) in [5.41, 5.74) is 2.74. The zero-order valence-electron chi connectivity index (χ0n) is 14.3. The predicted octanol–water partition coefficient (Wildman–Crippen LogP) is 2.50. The van der Waals surface area contributed by atoms with Gasteiger partial charge in [0.25, 0.3) is 0 Å². The Hall–Kier alpha value is -2.37. The summed E-state index contributed by atoms with van der Waals surface area (Å²) in [6.45, 7) is 4.70. The minimum Gasteiger partial charge on any atom is -0.408 e.